The van der Waals surface area contributed by atoms with E-state index in [1.807, 2.05) is 30.5 Å². The molecule has 0 radical (unpaired) electrons. The van der Waals surface area contributed by atoms with Crippen molar-refractivity contribution in [3.05, 3.63) is 59.9 Å². The van der Waals surface area contributed by atoms with E-state index in [9.17, 15) is 4.79 Å². The highest BCUT2D eigenvalue weighted by atomic mass is 16.5. The number of carbonyl (C=O) groups is 1. The van der Waals surface area contributed by atoms with Crippen LogP contribution in [-0.4, -0.2) is 35.0 Å². The third-order valence-electron chi connectivity index (χ3n) is 5.03. The smallest absolute Gasteiger partial charge is 0.225 e. The van der Waals surface area contributed by atoms with Crippen LogP contribution in [0, 0.1) is 0 Å². The number of methoxy groups -OCH3 is 1. The summed E-state index contributed by atoms with van der Waals surface area (Å²) in [5.74, 6) is 1.10. The Kier molecular flexibility index (Phi) is 4.40. The van der Waals surface area contributed by atoms with E-state index < -0.39 is 0 Å². The normalized spacial score (nSPS) is 23.1. The molecule has 2 aromatic rings. The Balaban J connectivity index is 1.53. The van der Waals surface area contributed by atoms with Crippen LogP contribution in [0.25, 0.3) is 0 Å². The number of hydrogen-bond donors (Lipinski definition) is 1. The molecule has 2 aliphatic rings. The molecule has 0 spiro atoms. The van der Waals surface area contributed by atoms with E-state index in [1.165, 1.54) is 0 Å². The molecule has 5 heteroatoms. The summed E-state index contributed by atoms with van der Waals surface area (Å²) in [5.41, 5.74) is 2.27. The molecular weight excluding hydrogens is 314 g/mol. The fourth-order valence-corrected chi connectivity index (χ4v) is 3.70. The molecule has 1 saturated heterocycles. The molecule has 25 heavy (non-hydrogen) atoms. The van der Waals surface area contributed by atoms with Crippen LogP contribution >= 0.6 is 0 Å². The number of likely N-dealkylation sites (tertiary alicyclic amines) is 1. The maximum atomic E-state index is 12.6. The van der Waals surface area contributed by atoms with Gasteiger partial charge in [0.2, 0.25) is 5.91 Å². The number of rotatable bonds is 6. The van der Waals surface area contributed by atoms with Crippen LogP contribution in [0.15, 0.2) is 48.8 Å². The number of ether oxygens (including phenoxy) is 1. The van der Waals surface area contributed by atoms with Crippen LogP contribution in [0.4, 0.5) is 0 Å². The largest absolute Gasteiger partial charge is 0.497 e. The van der Waals surface area contributed by atoms with Crippen molar-refractivity contribution in [2.75, 3.05) is 7.11 Å². The van der Waals surface area contributed by atoms with Gasteiger partial charge >= 0.3 is 0 Å². The Morgan fingerprint density at radius 3 is 2.88 bits per heavy atom. The number of aromatic nitrogens is 1. The first-order valence-corrected chi connectivity index (χ1v) is 8.83. The second kappa shape index (κ2) is 6.84. The quantitative estimate of drug-likeness (QED) is 0.880. The fraction of sp³-hybridized carbons (Fsp3) is 0.400. The van der Waals surface area contributed by atoms with Crippen molar-refractivity contribution in [1.82, 2.24) is 15.2 Å². The van der Waals surface area contributed by atoms with Crippen LogP contribution < -0.4 is 10.1 Å². The summed E-state index contributed by atoms with van der Waals surface area (Å²) >= 11 is 0. The molecule has 1 N–H and O–H groups in total. The maximum absolute atomic E-state index is 12.6. The second-order valence-corrected chi connectivity index (χ2v) is 6.81. The standard InChI is InChI=1S/C20H23N3O2/c1-25-17-6-2-4-14(10-17)12-22-18-11-19(24)23(16-7-8-16)20(18)15-5-3-9-21-13-15/h2-6,9-10,13,16,18,20,22H,7-8,11-12H2,1H3/t18-,20+/m1/s1. The van der Waals surface area contributed by atoms with Gasteiger partial charge in [-0.2, -0.15) is 0 Å². The zero-order valence-corrected chi connectivity index (χ0v) is 14.4. The summed E-state index contributed by atoms with van der Waals surface area (Å²) in [6.07, 6.45) is 6.44. The summed E-state index contributed by atoms with van der Waals surface area (Å²) in [6.45, 7) is 0.713. The van der Waals surface area contributed by atoms with Gasteiger partial charge in [0.15, 0.2) is 0 Å². The lowest BCUT2D eigenvalue weighted by atomic mass is 10.0. The molecule has 1 amide bonds. The lowest BCUT2D eigenvalue weighted by Crippen LogP contribution is -2.37. The van der Waals surface area contributed by atoms with Crippen LogP contribution in [0.2, 0.25) is 0 Å². The van der Waals surface area contributed by atoms with Gasteiger partial charge in [0, 0.05) is 37.4 Å². The average molecular weight is 337 g/mol. The van der Waals surface area contributed by atoms with Gasteiger partial charge in [-0.15, -0.1) is 0 Å². The van der Waals surface area contributed by atoms with E-state index in [-0.39, 0.29) is 18.0 Å². The molecule has 1 aliphatic heterocycles. The molecule has 2 fully saturated rings. The Bertz CT molecular complexity index is 746. The van der Waals surface area contributed by atoms with Crippen LogP contribution in [0.5, 0.6) is 5.75 Å². The highest BCUT2D eigenvalue weighted by molar-refractivity contribution is 5.81. The van der Waals surface area contributed by atoms with Gasteiger partial charge in [0.1, 0.15) is 5.75 Å². The van der Waals surface area contributed by atoms with Gasteiger partial charge in [0.25, 0.3) is 0 Å². The van der Waals surface area contributed by atoms with E-state index >= 15 is 0 Å². The van der Waals surface area contributed by atoms with Gasteiger partial charge in [-0.1, -0.05) is 18.2 Å². The number of benzene rings is 1. The first kappa shape index (κ1) is 16.1. The van der Waals surface area contributed by atoms with E-state index in [0.717, 1.165) is 29.7 Å². The van der Waals surface area contributed by atoms with Gasteiger partial charge in [-0.25, -0.2) is 0 Å². The lowest BCUT2D eigenvalue weighted by Gasteiger charge is -2.29. The predicted molar refractivity (Wildman–Crippen MR) is 95.1 cm³/mol. The van der Waals surface area contributed by atoms with E-state index in [2.05, 4.69) is 27.3 Å². The van der Waals surface area contributed by atoms with E-state index in [4.69, 9.17) is 4.74 Å². The Hall–Kier alpha value is -2.40. The molecule has 130 valence electrons. The predicted octanol–water partition coefficient (Wildman–Crippen LogP) is 2.68. The number of pyridine rings is 1. The highest BCUT2D eigenvalue weighted by Gasteiger charge is 2.47. The number of nitrogens with zero attached hydrogens (tertiary/aromatic N) is 2. The highest BCUT2D eigenvalue weighted by Crippen LogP contribution is 2.41. The van der Waals surface area contributed by atoms with Crippen LogP contribution in [0.1, 0.15) is 36.4 Å². The average Bonchev–Trinajstić information content (AvgIpc) is 3.44. The Labute approximate surface area is 148 Å². The third kappa shape index (κ3) is 3.37. The monoisotopic (exact) mass is 337 g/mol. The van der Waals surface area contributed by atoms with Crippen molar-refractivity contribution < 1.29 is 9.53 Å². The maximum Gasteiger partial charge on any atom is 0.225 e. The van der Waals surface area contributed by atoms with E-state index in [1.54, 1.807) is 13.3 Å². The second-order valence-electron chi connectivity index (χ2n) is 6.81. The molecule has 1 saturated carbocycles. The summed E-state index contributed by atoms with van der Waals surface area (Å²) in [7, 11) is 1.67. The van der Waals surface area contributed by atoms with Crippen molar-refractivity contribution in [2.24, 2.45) is 0 Å². The Morgan fingerprint density at radius 1 is 1.28 bits per heavy atom. The van der Waals surface area contributed by atoms with Crippen LogP contribution in [-0.2, 0) is 11.3 Å². The minimum Gasteiger partial charge on any atom is -0.497 e. The van der Waals surface area contributed by atoms with Gasteiger partial charge < -0.3 is 15.0 Å². The first-order valence-electron chi connectivity index (χ1n) is 8.83. The SMILES string of the molecule is COc1cccc(CN[C@@H]2CC(=O)N(C3CC3)[C@H]2c2cccnc2)c1. The molecular formula is C20H23N3O2. The van der Waals surface area contributed by atoms with Gasteiger partial charge in [-0.05, 0) is 42.2 Å². The zero-order chi connectivity index (χ0) is 17.2. The number of hydrogen-bond acceptors (Lipinski definition) is 4. The van der Waals surface area contributed by atoms with Crippen molar-refractivity contribution in [2.45, 2.75) is 43.9 Å². The van der Waals surface area contributed by atoms with Crippen molar-refractivity contribution in [3.8, 4) is 5.75 Å². The zero-order valence-electron chi connectivity index (χ0n) is 14.4. The summed E-state index contributed by atoms with van der Waals surface area (Å²) in [6, 6.07) is 12.6. The number of amides is 1. The minimum absolute atomic E-state index is 0.0688. The summed E-state index contributed by atoms with van der Waals surface area (Å²) < 4.78 is 5.29. The number of carbonyl (C=O) groups excluding carboxylic acids is 1. The molecule has 5 nitrogen and oxygen atoms in total. The molecule has 4 rings (SSSR count). The molecule has 1 aromatic carbocycles. The van der Waals surface area contributed by atoms with E-state index in [0.29, 0.717) is 19.0 Å². The Morgan fingerprint density at radius 2 is 2.16 bits per heavy atom. The van der Waals surface area contributed by atoms with Crippen molar-refractivity contribution >= 4 is 5.91 Å². The minimum atomic E-state index is 0.0688. The van der Waals surface area contributed by atoms with Gasteiger partial charge in [-0.3, -0.25) is 9.78 Å². The topological polar surface area (TPSA) is 54.5 Å². The first-order chi connectivity index (χ1) is 12.3. The lowest BCUT2D eigenvalue weighted by molar-refractivity contribution is -0.129. The fourth-order valence-electron chi connectivity index (χ4n) is 3.70. The molecule has 2 heterocycles. The molecule has 1 aliphatic carbocycles. The summed E-state index contributed by atoms with van der Waals surface area (Å²) in [4.78, 5) is 19.0. The van der Waals surface area contributed by atoms with Crippen LogP contribution in [0.3, 0.4) is 0 Å². The van der Waals surface area contributed by atoms with Crippen molar-refractivity contribution in [3.63, 3.8) is 0 Å². The third-order valence-corrected chi connectivity index (χ3v) is 5.03. The molecule has 1 aromatic heterocycles. The van der Waals surface area contributed by atoms with Crippen molar-refractivity contribution in [1.29, 1.82) is 0 Å². The summed E-state index contributed by atoms with van der Waals surface area (Å²) in [5, 5.41) is 3.59. The van der Waals surface area contributed by atoms with Gasteiger partial charge in [0.05, 0.1) is 13.2 Å². The molecule has 2 atom stereocenters. The molecule has 0 bridgehead atoms. The molecule has 0 unspecified atom stereocenters. The number of nitrogens with one attached hydrogen (secondary N) is 1.